The minimum atomic E-state index is -0.143. The van der Waals surface area contributed by atoms with E-state index in [1.807, 2.05) is 30.8 Å². The molecule has 0 aliphatic heterocycles. The Hall–Kier alpha value is -1.26. The third-order valence-corrected chi connectivity index (χ3v) is 3.92. The van der Waals surface area contributed by atoms with Gasteiger partial charge in [-0.15, -0.1) is 11.3 Å². The molecule has 0 aliphatic carbocycles. The summed E-state index contributed by atoms with van der Waals surface area (Å²) in [6.07, 6.45) is 3.89. The van der Waals surface area contributed by atoms with Crippen LogP contribution in [0.15, 0.2) is 29.9 Å². The number of hydrogen-bond acceptors (Lipinski definition) is 3. The largest absolute Gasteiger partial charge is 0.310 e. The van der Waals surface area contributed by atoms with Crippen molar-refractivity contribution in [2.75, 3.05) is 6.54 Å². The van der Waals surface area contributed by atoms with Crippen LogP contribution in [0.1, 0.15) is 35.4 Å². The van der Waals surface area contributed by atoms with Gasteiger partial charge >= 0.3 is 0 Å². The lowest BCUT2D eigenvalue weighted by Crippen LogP contribution is -2.24. The molecular weight excluding hydrogens is 259 g/mol. The first-order valence-electron chi connectivity index (χ1n) is 6.57. The predicted octanol–water partition coefficient (Wildman–Crippen LogP) is 3.87. The first-order valence-corrected chi connectivity index (χ1v) is 7.45. The summed E-state index contributed by atoms with van der Waals surface area (Å²) in [6.45, 7) is 4.91. The number of nitrogens with zero attached hydrogens (tertiary/aromatic N) is 1. The Labute approximate surface area is 117 Å². The topological polar surface area (TPSA) is 24.9 Å². The van der Waals surface area contributed by atoms with Crippen LogP contribution < -0.4 is 5.32 Å². The number of aryl methyl sites for hydroxylation is 1. The SMILES string of the molecule is CCCNC(Cc1cncs1)c1ccc(F)c(C)c1. The molecule has 2 nitrogen and oxygen atoms in total. The summed E-state index contributed by atoms with van der Waals surface area (Å²) in [5, 5.41) is 3.53. The van der Waals surface area contributed by atoms with Crippen LogP contribution in [0.5, 0.6) is 0 Å². The Morgan fingerprint density at radius 3 is 2.89 bits per heavy atom. The van der Waals surface area contributed by atoms with E-state index in [9.17, 15) is 4.39 Å². The lowest BCUT2D eigenvalue weighted by molar-refractivity contribution is 0.529. The average Bonchev–Trinajstić information content (AvgIpc) is 2.91. The van der Waals surface area contributed by atoms with Gasteiger partial charge in [-0.05, 0) is 37.1 Å². The highest BCUT2D eigenvalue weighted by Crippen LogP contribution is 2.22. The fourth-order valence-electron chi connectivity index (χ4n) is 2.06. The summed E-state index contributed by atoms with van der Waals surface area (Å²) in [6, 6.07) is 5.58. The molecule has 102 valence electrons. The molecule has 2 rings (SSSR count). The number of nitrogens with one attached hydrogen (secondary N) is 1. The van der Waals surface area contributed by atoms with Crippen LogP contribution >= 0.6 is 11.3 Å². The van der Waals surface area contributed by atoms with Crippen LogP contribution in [-0.4, -0.2) is 11.5 Å². The van der Waals surface area contributed by atoms with Gasteiger partial charge in [0.15, 0.2) is 0 Å². The molecule has 0 amide bonds. The average molecular weight is 278 g/mol. The molecule has 4 heteroatoms. The number of hydrogen-bond donors (Lipinski definition) is 1. The van der Waals surface area contributed by atoms with Gasteiger partial charge in [0.2, 0.25) is 0 Å². The second kappa shape index (κ2) is 6.78. The van der Waals surface area contributed by atoms with Crippen LogP contribution in [0.25, 0.3) is 0 Å². The summed E-state index contributed by atoms with van der Waals surface area (Å²) in [7, 11) is 0. The van der Waals surface area contributed by atoms with E-state index in [2.05, 4.69) is 17.2 Å². The molecule has 0 fully saturated rings. The van der Waals surface area contributed by atoms with Gasteiger partial charge in [-0.25, -0.2) is 4.39 Å². The maximum Gasteiger partial charge on any atom is 0.126 e. The monoisotopic (exact) mass is 278 g/mol. The van der Waals surface area contributed by atoms with Crippen molar-refractivity contribution in [1.82, 2.24) is 10.3 Å². The van der Waals surface area contributed by atoms with E-state index in [4.69, 9.17) is 0 Å². The predicted molar refractivity (Wildman–Crippen MR) is 78.0 cm³/mol. The van der Waals surface area contributed by atoms with Gasteiger partial charge < -0.3 is 5.32 Å². The summed E-state index contributed by atoms with van der Waals surface area (Å²) in [5.41, 5.74) is 3.69. The van der Waals surface area contributed by atoms with Crippen molar-refractivity contribution < 1.29 is 4.39 Å². The van der Waals surface area contributed by atoms with Crippen molar-refractivity contribution in [3.63, 3.8) is 0 Å². The number of halogens is 1. The summed E-state index contributed by atoms with van der Waals surface area (Å²) < 4.78 is 13.4. The highest BCUT2D eigenvalue weighted by atomic mass is 32.1. The van der Waals surface area contributed by atoms with E-state index in [-0.39, 0.29) is 11.9 Å². The summed E-state index contributed by atoms with van der Waals surface area (Å²) in [4.78, 5) is 5.36. The minimum Gasteiger partial charge on any atom is -0.310 e. The van der Waals surface area contributed by atoms with Crippen molar-refractivity contribution in [2.45, 2.75) is 32.7 Å². The summed E-state index contributed by atoms with van der Waals surface area (Å²) >= 11 is 1.66. The van der Waals surface area contributed by atoms with E-state index in [0.29, 0.717) is 5.56 Å². The molecule has 0 radical (unpaired) electrons. The van der Waals surface area contributed by atoms with E-state index >= 15 is 0 Å². The third-order valence-electron chi connectivity index (χ3n) is 3.11. The minimum absolute atomic E-state index is 0.143. The molecule has 1 N–H and O–H groups in total. The first kappa shape index (κ1) is 14.2. The van der Waals surface area contributed by atoms with Crippen molar-refractivity contribution in [1.29, 1.82) is 0 Å². The number of rotatable bonds is 6. The standard InChI is InChI=1S/C15H19FN2S/c1-3-6-18-15(8-13-9-17-10-19-13)12-4-5-14(16)11(2)7-12/h4-5,7,9-10,15,18H,3,6,8H2,1-2H3. The molecule has 0 bridgehead atoms. The number of benzene rings is 1. The lowest BCUT2D eigenvalue weighted by atomic mass is 10.0. The molecule has 1 atom stereocenters. The molecule has 0 saturated heterocycles. The summed E-state index contributed by atoms with van der Waals surface area (Å²) in [5.74, 6) is -0.143. The zero-order valence-corrected chi connectivity index (χ0v) is 12.1. The van der Waals surface area contributed by atoms with Gasteiger partial charge in [0.1, 0.15) is 5.82 Å². The van der Waals surface area contributed by atoms with Crippen LogP contribution in [-0.2, 0) is 6.42 Å². The number of thiazole rings is 1. The van der Waals surface area contributed by atoms with E-state index in [0.717, 1.165) is 24.9 Å². The smallest absolute Gasteiger partial charge is 0.126 e. The Kier molecular flexibility index (Phi) is 5.05. The normalized spacial score (nSPS) is 12.6. The highest BCUT2D eigenvalue weighted by Gasteiger charge is 2.13. The zero-order chi connectivity index (χ0) is 13.7. The third kappa shape index (κ3) is 3.85. The molecule has 1 unspecified atom stereocenters. The van der Waals surface area contributed by atoms with Gasteiger partial charge in [0.05, 0.1) is 5.51 Å². The van der Waals surface area contributed by atoms with Crippen LogP contribution in [0, 0.1) is 12.7 Å². The van der Waals surface area contributed by atoms with Crippen LogP contribution in [0.4, 0.5) is 4.39 Å². The van der Waals surface area contributed by atoms with Gasteiger partial charge in [0, 0.05) is 23.5 Å². The molecule has 0 spiro atoms. The van der Waals surface area contributed by atoms with Gasteiger partial charge in [-0.2, -0.15) is 0 Å². The molecule has 0 saturated carbocycles. The fourth-order valence-corrected chi connectivity index (χ4v) is 2.70. The molecule has 2 aromatic rings. The highest BCUT2D eigenvalue weighted by molar-refractivity contribution is 7.09. The van der Waals surface area contributed by atoms with Gasteiger partial charge in [0.25, 0.3) is 0 Å². The van der Waals surface area contributed by atoms with Crippen molar-refractivity contribution in [3.05, 3.63) is 51.7 Å². The molecule has 0 aliphatic rings. The quantitative estimate of drug-likeness (QED) is 0.867. The van der Waals surface area contributed by atoms with E-state index < -0.39 is 0 Å². The molecule has 1 aromatic heterocycles. The number of aromatic nitrogens is 1. The lowest BCUT2D eigenvalue weighted by Gasteiger charge is -2.19. The van der Waals surface area contributed by atoms with Gasteiger partial charge in [-0.3, -0.25) is 4.98 Å². The van der Waals surface area contributed by atoms with E-state index in [1.54, 1.807) is 17.4 Å². The zero-order valence-electron chi connectivity index (χ0n) is 11.3. The molecule has 1 heterocycles. The van der Waals surface area contributed by atoms with Crippen LogP contribution in [0.2, 0.25) is 0 Å². The molecular formula is C15H19FN2S. The maximum absolute atomic E-state index is 13.4. The van der Waals surface area contributed by atoms with Crippen molar-refractivity contribution in [3.8, 4) is 0 Å². The van der Waals surface area contributed by atoms with E-state index in [1.165, 1.54) is 4.88 Å². The Balaban J connectivity index is 2.18. The second-order valence-electron chi connectivity index (χ2n) is 4.69. The Morgan fingerprint density at radius 2 is 2.26 bits per heavy atom. The van der Waals surface area contributed by atoms with Crippen LogP contribution in [0.3, 0.4) is 0 Å². The van der Waals surface area contributed by atoms with Crippen molar-refractivity contribution >= 4 is 11.3 Å². The maximum atomic E-state index is 13.4. The molecule has 19 heavy (non-hydrogen) atoms. The Bertz CT molecular complexity index is 511. The van der Waals surface area contributed by atoms with Gasteiger partial charge in [-0.1, -0.05) is 19.1 Å². The second-order valence-corrected chi connectivity index (χ2v) is 5.66. The molecule has 1 aromatic carbocycles. The fraction of sp³-hybridized carbons (Fsp3) is 0.400. The Morgan fingerprint density at radius 1 is 1.42 bits per heavy atom. The van der Waals surface area contributed by atoms with Crippen molar-refractivity contribution in [2.24, 2.45) is 0 Å². The first-order chi connectivity index (χ1) is 9.20.